The lowest BCUT2D eigenvalue weighted by Crippen LogP contribution is -2.05. The van der Waals surface area contributed by atoms with Crippen LogP contribution in [0.15, 0.2) is 12.1 Å². The van der Waals surface area contributed by atoms with Crippen LogP contribution >= 0.6 is 0 Å². The van der Waals surface area contributed by atoms with Gasteiger partial charge in [0.1, 0.15) is 11.5 Å². The van der Waals surface area contributed by atoms with Crippen molar-refractivity contribution in [1.82, 2.24) is 0 Å². The molecule has 1 saturated carbocycles. The Morgan fingerprint density at radius 1 is 1.21 bits per heavy atom. The molecule has 1 aliphatic carbocycles. The summed E-state index contributed by atoms with van der Waals surface area (Å²) in [5.74, 6) is 0.0812. The van der Waals surface area contributed by atoms with E-state index in [0.717, 1.165) is 5.56 Å². The number of benzene rings is 1. The first-order valence-corrected chi connectivity index (χ1v) is 4.84. The summed E-state index contributed by atoms with van der Waals surface area (Å²) in [6, 6.07) is 3.00. The lowest BCUT2D eigenvalue weighted by Gasteiger charge is -2.13. The molecule has 2 rings (SSSR count). The van der Waals surface area contributed by atoms with Crippen molar-refractivity contribution < 1.29 is 15.3 Å². The number of phenolic OH excluding ortho intramolecular Hbond substituents is 2. The number of hydrogen-bond donors (Lipinski definition) is 3. The van der Waals surface area contributed by atoms with Crippen LogP contribution < -0.4 is 0 Å². The third-order valence-corrected chi connectivity index (χ3v) is 2.80. The maximum absolute atomic E-state index is 9.85. The zero-order valence-electron chi connectivity index (χ0n) is 8.12. The van der Waals surface area contributed by atoms with Gasteiger partial charge < -0.3 is 15.3 Å². The molecule has 1 aromatic rings. The van der Waals surface area contributed by atoms with E-state index in [2.05, 4.69) is 0 Å². The quantitative estimate of drug-likeness (QED) is 0.670. The molecule has 3 heteroatoms. The minimum absolute atomic E-state index is 0.0142. The predicted molar refractivity (Wildman–Crippen MR) is 52.3 cm³/mol. The Labute approximate surface area is 82.6 Å². The summed E-state index contributed by atoms with van der Waals surface area (Å²) in [6.45, 7) is 1.92. The Kier molecular flexibility index (Phi) is 1.93. The Morgan fingerprint density at radius 3 is 2.36 bits per heavy atom. The molecule has 3 nitrogen and oxygen atoms in total. The van der Waals surface area contributed by atoms with E-state index < -0.39 is 5.60 Å². The standard InChI is InChI=1S/C11H14O3/c1-2-7-5-8(11(14)3-4-11)10(13)6-9(7)12/h5-6,12-14H,2-4H2,1H3. The van der Waals surface area contributed by atoms with E-state index in [1.165, 1.54) is 6.07 Å². The number of hydrogen-bond acceptors (Lipinski definition) is 3. The summed E-state index contributed by atoms with van der Waals surface area (Å²) in [7, 11) is 0. The van der Waals surface area contributed by atoms with Crippen LogP contribution in [0.2, 0.25) is 0 Å². The van der Waals surface area contributed by atoms with Crippen LogP contribution in [0.5, 0.6) is 11.5 Å². The van der Waals surface area contributed by atoms with E-state index in [1.54, 1.807) is 6.07 Å². The van der Waals surface area contributed by atoms with E-state index in [0.29, 0.717) is 24.8 Å². The van der Waals surface area contributed by atoms with Crippen molar-refractivity contribution in [1.29, 1.82) is 0 Å². The molecule has 0 saturated heterocycles. The van der Waals surface area contributed by atoms with Crippen molar-refractivity contribution in [2.24, 2.45) is 0 Å². The van der Waals surface area contributed by atoms with Crippen molar-refractivity contribution in [3.63, 3.8) is 0 Å². The SMILES string of the molecule is CCc1cc(C2(O)CC2)c(O)cc1O. The topological polar surface area (TPSA) is 60.7 Å². The molecule has 3 N–H and O–H groups in total. The van der Waals surface area contributed by atoms with Gasteiger partial charge in [0.25, 0.3) is 0 Å². The molecule has 14 heavy (non-hydrogen) atoms. The summed E-state index contributed by atoms with van der Waals surface area (Å²) in [4.78, 5) is 0. The molecular formula is C11H14O3. The zero-order chi connectivity index (χ0) is 10.3. The first-order chi connectivity index (χ1) is 6.57. The van der Waals surface area contributed by atoms with Crippen LogP contribution in [0.1, 0.15) is 30.9 Å². The number of aliphatic hydroxyl groups is 1. The highest BCUT2D eigenvalue weighted by Crippen LogP contribution is 2.49. The third kappa shape index (κ3) is 1.34. The van der Waals surface area contributed by atoms with Crippen molar-refractivity contribution in [3.05, 3.63) is 23.3 Å². The fourth-order valence-corrected chi connectivity index (χ4v) is 1.67. The average molecular weight is 194 g/mol. The second-order valence-electron chi connectivity index (χ2n) is 3.88. The normalized spacial score (nSPS) is 18.1. The molecule has 0 bridgehead atoms. The second kappa shape index (κ2) is 2.89. The van der Waals surface area contributed by atoms with Gasteiger partial charge in [0.2, 0.25) is 0 Å². The highest BCUT2D eigenvalue weighted by atomic mass is 16.3. The Bertz CT molecular complexity index is 367. The molecule has 0 heterocycles. The van der Waals surface area contributed by atoms with Crippen molar-refractivity contribution >= 4 is 0 Å². The summed E-state index contributed by atoms with van der Waals surface area (Å²) in [5, 5.41) is 28.9. The lowest BCUT2D eigenvalue weighted by atomic mass is 10.0. The van der Waals surface area contributed by atoms with Crippen LogP contribution in [-0.4, -0.2) is 15.3 Å². The smallest absolute Gasteiger partial charge is 0.125 e. The Balaban J connectivity index is 2.50. The minimum atomic E-state index is -0.846. The lowest BCUT2D eigenvalue weighted by molar-refractivity contribution is 0.147. The third-order valence-electron chi connectivity index (χ3n) is 2.80. The van der Waals surface area contributed by atoms with Gasteiger partial charge in [-0.25, -0.2) is 0 Å². The molecule has 0 spiro atoms. The molecule has 0 unspecified atom stereocenters. The fourth-order valence-electron chi connectivity index (χ4n) is 1.67. The Morgan fingerprint density at radius 2 is 1.86 bits per heavy atom. The van der Waals surface area contributed by atoms with Crippen LogP contribution in [0, 0.1) is 0 Å². The summed E-state index contributed by atoms with van der Waals surface area (Å²) < 4.78 is 0. The average Bonchev–Trinajstić information content (AvgIpc) is 2.85. The maximum Gasteiger partial charge on any atom is 0.125 e. The van der Waals surface area contributed by atoms with E-state index in [-0.39, 0.29) is 11.5 Å². The summed E-state index contributed by atoms with van der Waals surface area (Å²) in [6.07, 6.45) is 2.07. The molecule has 0 radical (unpaired) electrons. The first-order valence-electron chi connectivity index (χ1n) is 4.84. The van der Waals surface area contributed by atoms with Gasteiger partial charge >= 0.3 is 0 Å². The van der Waals surface area contributed by atoms with Gasteiger partial charge in [-0.05, 0) is 30.9 Å². The molecule has 0 atom stereocenters. The van der Waals surface area contributed by atoms with Gasteiger partial charge in [0.05, 0.1) is 5.60 Å². The number of rotatable bonds is 2. The zero-order valence-corrected chi connectivity index (χ0v) is 8.12. The first kappa shape index (κ1) is 9.34. The van der Waals surface area contributed by atoms with Gasteiger partial charge in [-0.15, -0.1) is 0 Å². The Hall–Kier alpha value is -1.22. The van der Waals surface area contributed by atoms with Crippen molar-refractivity contribution in [2.45, 2.75) is 31.8 Å². The monoisotopic (exact) mass is 194 g/mol. The molecule has 0 aliphatic heterocycles. The predicted octanol–water partition coefficient (Wildman–Crippen LogP) is 1.64. The highest BCUT2D eigenvalue weighted by molar-refractivity contribution is 5.49. The van der Waals surface area contributed by atoms with Crippen LogP contribution in [0.3, 0.4) is 0 Å². The van der Waals surface area contributed by atoms with Gasteiger partial charge in [-0.3, -0.25) is 0 Å². The fraction of sp³-hybridized carbons (Fsp3) is 0.455. The van der Waals surface area contributed by atoms with Gasteiger partial charge in [-0.2, -0.15) is 0 Å². The van der Waals surface area contributed by atoms with E-state index >= 15 is 0 Å². The van der Waals surface area contributed by atoms with E-state index in [9.17, 15) is 15.3 Å². The van der Waals surface area contributed by atoms with Gasteiger partial charge in [-0.1, -0.05) is 6.92 Å². The molecule has 0 aromatic heterocycles. The minimum Gasteiger partial charge on any atom is -0.508 e. The van der Waals surface area contributed by atoms with Crippen LogP contribution in [0.25, 0.3) is 0 Å². The van der Waals surface area contributed by atoms with Crippen LogP contribution in [0.4, 0.5) is 0 Å². The largest absolute Gasteiger partial charge is 0.508 e. The van der Waals surface area contributed by atoms with Crippen LogP contribution in [-0.2, 0) is 12.0 Å². The van der Waals surface area contributed by atoms with Crippen molar-refractivity contribution in [3.8, 4) is 11.5 Å². The molecule has 76 valence electrons. The number of aromatic hydroxyl groups is 2. The van der Waals surface area contributed by atoms with Crippen molar-refractivity contribution in [2.75, 3.05) is 0 Å². The van der Waals surface area contributed by atoms with E-state index in [4.69, 9.17) is 0 Å². The van der Waals surface area contributed by atoms with Gasteiger partial charge in [0, 0.05) is 11.6 Å². The molecule has 1 fully saturated rings. The van der Waals surface area contributed by atoms with E-state index in [1.807, 2.05) is 6.92 Å². The maximum atomic E-state index is 9.85. The molecule has 1 aliphatic rings. The second-order valence-corrected chi connectivity index (χ2v) is 3.88. The molecular weight excluding hydrogens is 180 g/mol. The highest BCUT2D eigenvalue weighted by Gasteiger charge is 2.44. The van der Waals surface area contributed by atoms with Gasteiger partial charge in [0.15, 0.2) is 0 Å². The number of phenols is 2. The molecule has 1 aromatic carbocycles. The summed E-state index contributed by atoms with van der Waals surface area (Å²) in [5.41, 5.74) is 0.465. The number of aryl methyl sites for hydroxylation is 1. The molecule has 0 amide bonds. The summed E-state index contributed by atoms with van der Waals surface area (Å²) >= 11 is 0.